The van der Waals surface area contributed by atoms with Gasteiger partial charge in [-0.25, -0.2) is 0 Å². The molecule has 1 aliphatic rings. The zero-order chi connectivity index (χ0) is 12.7. The smallest absolute Gasteiger partial charge is 0.355 e. The molecule has 1 aliphatic heterocycles. The number of carbonyl (C=O) groups excluding carboxylic acids is 1. The zero-order valence-electron chi connectivity index (χ0n) is 9.48. The molecule has 7 heteroatoms. The van der Waals surface area contributed by atoms with E-state index in [1.165, 1.54) is 11.8 Å². The monoisotopic (exact) mass is 270 g/mol. The number of amides is 1. The molecular formula is C10H17F3N2OS. The lowest BCUT2D eigenvalue weighted by Crippen LogP contribution is -2.32. The Hall–Kier alpha value is -0.430. The summed E-state index contributed by atoms with van der Waals surface area (Å²) >= 11 is 1.53. The van der Waals surface area contributed by atoms with E-state index in [0.717, 1.165) is 25.9 Å². The van der Waals surface area contributed by atoms with Gasteiger partial charge < -0.3 is 10.6 Å². The van der Waals surface area contributed by atoms with Gasteiger partial charge in [-0.3, -0.25) is 4.79 Å². The Morgan fingerprint density at radius 3 is 2.59 bits per heavy atom. The molecule has 17 heavy (non-hydrogen) atoms. The fourth-order valence-electron chi connectivity index (χ4n) is 1.55. The normalized spacial score (nSPS) is 18.1. The largest absolute Gasteiger partial charge is 0.390 e. The average Bonchev–Trinajstić information content (AvgIpc) is 2.26. The van der Waals surface area contributed by atoms with E-state index in [2.05, 4.69) is 10.6 Å². The molecule has 0 aromatic rings. The lowest BCUT2D eigenvalue weighted by Gasteiger charge is -2.21. The molecule has 1 rings (SSSR count). The Bertz CT molecular complexity index is 242. The lowest BCUT2D eigenvalue weighted by atomic mass is 10.2. The van der Waals surface area contributed by atoms with Gasteiger partial charge in [0, 0.05) is 11.8 Å². The van der Waals surface area contributed by atoms with E-state index in [4.69, 9.17) is 0 Å². The zero-order valence-corrected chi connectivity index (χ0v) is 10.3. The molecule has 3 nitrogen and oxygen atoms in total. The standard InChI is InChI=1S/C10H17F3N2OS/c11-10(12,13)3-6-15-9(16)7-17-8-1-4-14-5-2-8/h8,14H,1-7H2,(H,15,16). The molecule has 1 heterocycles. The SMILES string of the molecule is O=C(CSC1CCNCC1)NCCC(F)(F)F. The number of alkyl halides is 3. The molecule has 100 valence electrons. The van der Waals surface area contributed by atoms with E-state index in [1.807, 2.05) is 0 Å². The highest BCUT2D eigenvalue weighted by Gasteiger charge is 2.26. The summed E-state index contributed by atoms with van der Waals surface area (Å²) in [5.74, 6) is -0.0551. The number of piperidine rings is 1. The minimum atomic E-state index is -4.20. The molecule has 0 spiro atoms. The molecule has 0 saturated carbocycles. The third-order valence-electron chi connectivity index (χ3n) is 2.47. The predicted molar refractivity (Wildman–Crippen MR) is 62.0 cm³/mol. The van der Waals surface area contributed by atoms with E-state index < -0.39 is 12.6 Å². The van der Waals surface area contributed by atoms with Crippen molar-refractivity contribution in [3.8, 4) is 0 Å². The van der Waals surface area contributed by atoms with Crippen LogP contribution >= 0.6 is 11.8 Å². The third-order valence-corrected chi connectivity index (χ3v) is 3.84. The van der Waals surface area contributed by atoms with Crippen LogP contribution in [0.3, 0.4) is 0 Å². The van der Waals surface area contributed by atoms with Gasteiger partial charge >= 0.3 is 6.18 Å². The molecule has 0 radical (unpaired) electrons. The Morgan fingerprint density at radius 2 is 2.00 bits per heavy atom. The molecule has 0 aromatic heterocycles. The van der Waals surface area contributed by atoms with E-state index in [9.17, 15) is 18.0 Å². The summed E-state index contributed by atoms with van der Waals surface area (Å²) in [7, 11) is 0. The van der Waals surface area contributed by atoms with Crippen LogP contribution in [0.1, 0.15) is 19.3 Å². The summed E-state index contributed by atoms with van der Waals surface area (Å²) in [4.78, 5) is 11.3. The lowest BCUT2D eigenvalue weighted by molar-refractivity contribution is -0.135. The van der Waals surface area contributed by atoms with E-state index in [0.29, 0.717) is 5.25 Å². The number of carbonyl (C=O) groups is 1. The van der Waals surface area contributed by atoms with E-state index in [1.54, 1.807) is 0 Å². The maximum Gasteiger partial charge on any atom is 0.390 e. The fourth-order valence-corrected chi connectivity index (χ4v) is 2.61. The minimum absolute atomic E-state index is 0.253. The van der Waals surface area contributed by atoms with Gasteiger partial charge in [-0.2, -0.15) is 13.2 Å². The van der Waals surface area contributed by atoms with Gasteiger partial charge in [-0.05, 0) is 25.9 Å². The molecule has 0 bridgehead atoms. The first-order valence-corrected chi connectivity index (χ1v) is 6.68. The molecule has 2 N–H and O–H groups in total. The Morgan fingerprint density at radius 1 is 1.35 bits per heavy atom. The summed E-state index contributed by atoms with van der Waals surface area (Å²) in [6.45, 7) is 1.58. The summed E-state index contributed by atoms with van der Waals surface area (Å²) in [5, 5.41) is 5.95. The van der Waals surface area contributed by atoms with Gasteiger partial charge in [0.25, 0.3) is 0 Å². The Labute approximate surface area is 103 Å². The van der Waals surface area contributed by atoms with Gasteiger partial charge in [0.05, 0.1) is 12.2 Å². The first kappa shape index (κ1) is 14.6. The summed E-state index contributed by atoms with van der Waals surface area (Å²) in [5.41, 5.74) is 0. The average molecular weight is 270 g/mol. The second kappa shape index (κ2) is 7.10. The van der Waals surface area contributed by atoms with Crippen LogP contribution in [0.5, 0.6) is 0 Å². The van der Waals surface area contributed by atoms with Crippen molar-refractivity contribution in [3.05, 3.63) is 0 Å². The van der Waals surface area contributed by atoms with Crippen LogP contribution in [0.25, 0.3) is 0 Å². The summed E-state index contributed by atoms with van der Waals surface area (Å²) in [6.07, 6.45) is -3.13. The van der Waals surface area contributed by atoms with Crippen LogP contribution in [0.15, 0.2) is 0 Å². The molecule has 0 aliphatic carbocycles. The first-order valence-electron chi connectivity index (χ1n) is 5.63. The van der Waals surface area contributed by atoms with Crippen molar-refractivity contribution in [2.75, 3.05) is 25.4 Å². The van der Waals surface area contributed by atoms with Crippen LogP contribution in [0.4, 0.5) is 13.2 Å². The molecular weight excluding hydrogens is 253 g/mol. The third kappa shape index (κ3) is 7.49. The van der Waals surface area contributed by atoms with E-state index >= 15 is 0 Å². The molecule has 1 amide bonds. The predicted octanol–water partition coefficient (Wildman–Crippen LogP) is 1.54. The first-order chi connectivity index (χ1) is 7.97. The second-order valence-electron chi connectivity index (χ2n) is 3.98. The van der Waals surface area contributed by atoms with Crippen molar-refractivity contribution in [1.29, 1.82) is 0 Å². The molecule has 0 unspecified atom stereocenters. The fraction of sp³-hybridized carbons (Fsp3) is 0.900. The van der Waals surface area contributed by atoms with Crippen molar-refractivity contribution in [2.24, 2.45) is 0 Å². The summed E-state index contributed by atoms with van der Waals surface area (Å²) in [6, 6.07) is 0. The topological polar surface area (TPSA) is 41.1 Å². The molecule has 0 atom stereocenters. The number of hydrogen-bond acceptors (Lipinski definition) is 3. The van der Waals surface area contributed by atoms with Crippen molar-refractivity contribution in [2.45, 2.75) is 30.7 Å². The number of thioether (sulfide) groups is 1. The van der Waals surface area contributed by atoms with E-state index in [-0.39, 0.29) is 18.2 Å². The van der Waals surface area contributed by atoms with Gasteiger partial charge in [0.15, 0.2) is 0 Å². The van der Waals surface area contributed by atoms with Crippen molar-refractivity contribution in [3.63, 3.8) is 0 Å². The van der Waals surface area contributed by atoms with Gasteiger partial charge in [0.1, 0.15) is 0 Å². The van der Waals surface area contributed by atoms with Gasteiger partial charge in [0.2, 0.25) is 5.91 Å². The minimum Gasteiger partial charge on any atom is -0.355 e. The van der Waals surface area contributed by atoms with Crippen LogP contribution in [-0.2, 0) is 4.79 Å². The Kier molecular flexibility index (Phi) is 6.11. The number of rotatable bonds is 5. The maximum atomic E-state index is 11.8. The number of nitrogens with one attached hydrogen (secondary N) is 2. The molecule has 1 saturated heterocycles. The Balaban J connectivity index is 2.04. The van der Waals surface area contributed by atoms with Crippen LogP contribution in [0, 0.1) is 0 Å². The van der Waals surface area contributed by atoms with Gasteiger partial charge in [-0.1, -0.05) is 0 Å². The van der Waals surface area contributed by atoms with Crippen molar-refractivity contribution in [1.82, 2.24) is 10.6 Å². The van der Waals surface area contributed by atoms with Crippen molar-refractivity contribution >= 4 is 17.7 Å². The van der Waals surface area contributed by atoms with Crippen LogP contribution < -0.4 is 10.6 Å². The van der Waals surface area contributed by atoms with Crippen LogP contribution in [-0.4, -0.2) is 42.7 Å². The molecule has 1 fully saturated rings. The van der Waals surface area contributed by atoms with Crippen LogP contribution in [0.2, 0.25) is 0 Å². The quantitative estimate of drug-likeness (QED) is 0.796. The second-order valence-corrected chi connectivity index (χ2v) is 5.26. The summed E-state index contributed by atoms with van der Waals surface area (Å²) < 4.78 is 35.5. The molecule has 0 aromatic carbocycles. The highest BCUT2D eigenvalue weighted by atomic mass is 32.2. The number of halogens is 3. The highest BCUT2D eigenvalue weighted by Crippen LogP contribution is 2.20. The maximum absolute atomic E-state index is 11.8. The van der Waals surface area contributed by atoms with Crippen molar-refractivity contribution < 1.29 is 18.0 Å². The highest BCUT2D eigenvalue weighted by molar-refractivity contribution is 8.00. The van der Waals surface area contributed by atoms with Gasteiger partial charge in [-0.15, -0.1) is 11.8 Å². The number of hydrogen-bond donors (Lipinski definition) is 2.